The molecule has 1 heterocycles. The van der Waals surface area contributed by atoms with Crippen LogP contribution in [0.5, 0.6) is 0 Å². The second-order valence-corrected chi connectivity index (χ2v) is 3.87. The Bertz CT molecular complexity index is 476. The Morgan fingerprint density at radius 1 is 1.33 bits per heavy atom. The molecule has 0 amide bonds. The molecule has 0 atom stereocenters. The van der Waals surface area contributed by atoms with Crippen molar-refractivity contribution >= 4 is 12.6 Å². The van der Waals surface area contributed by atoms with Crippen LogP contribution in [0.1, 0.15) is 17.0 Å². The van der Waals surface area contributed by atoms with Gasteiger partial charge < -0.3 is 4.42 Å². The van der Waals surface area contributed by atoms with Crippen molar-refractivity contribution in [3.63, 3.8) is 0 Å². The predicted molar refractivity (Wildman–Crippen MR) is 64.1 cm³/mol. The van der Waals surface area contributed by atoms with Crippen LogP contribution < -0.4 is 0 Å². The van der Waals surface area contributed by atoms with Crippen LogP contribution in [0.25, 0.3) is 11.5 Å². The smallest absolute Gasteiger partial charge is 0.226 e. The number of aromatic nitrogens is 1. The summed E-state index contributed by atoms with van der Waals surface area (Å²) in [4.78, 5) is 4.38. The van der Waals surface area contributed by atoms with Crippen LogP contribution in [0.3, 0.4) is 0 Å². The fourth-order valence-electron chi connectivity index (χ4n) is 1.48. The van der Waals surface area contributed by atoms with Crippen molar-refractivity contribution in [1.82, 2.24) is 4.98 Å². The number of nitrogens with zero attached hydrogens (tertiary/aromatic N) is 1. The molecular formula is C12H13NOS. The predicted octanol–water partition coefficient (Wildman–Crippen LogP) is 3.39. The van der Waals surface area contributed by atoms with E-state index in [1.54, 1.807) is 0 Å². The largest absolute Gasteiger partial charge is 0.440 e. The Labute approximate surface area is 94.8 Å². The summed E-state index contributed by atoms with van der Waals surface area (Å²) in [6, 6.07) is 8.12. The van der Waals surface area contributed by atoms with Gasteiger partial charge in [0, 0.05) is 5.56 Å². The molecular weight excluding hydrogens is 206 g/mol. The average molecular weight is 219 g/mol. The first-order valence-electron chi connectivity index (χ1n) is 4.85. The summed E-state index contributed by atoms with van der Waals surface area (Å²) in [6.45, 7) is 3.99. The molecule has 78 valence electrons. The summed E-state index contributed by atoms with van der Waals surface area (Å²) in [5.41, 5.74) is 3.14. The fourth-order valence-corrected chi connectivity index (χ4v) is 1.77. The Morgan fingerprint density at radius 3 is 2.73 bits per heavy atom. The zero-order valence-electron chi connectivity index (χ0n) is 8.82. The molecule has 1 aromatic carbocycles. The number of oxazole rings is 1. The monoisotopic (exact) mass is 219 g/mol. The Hall–Kier alpha value is -1.22. The molecule has 0 bridgehead atoms. The summed E-state index contributed by atoms with van der Waals surface area (Å²) in [5, 5.41) is 0. The summed E-state index contributed by atoms with van der Waals surface area (Å²) in [5.74, 6) is 2.11. The highest BCUT2D eigenvalue weighted by Crippen LogP contribution is 2.23. The molecule has 0 radical (unpaired) electrons. The Balaban J connectivity index is 2.45. The summed E-state index contributed by atoms with van der Waals surface area (Å²) in [7, 11) is 0. The lowest BCUT2D eigenvalue weighted by molar-refractivity contribution is 0.537. The van der Waals surface area contributed by atoms with E-state index < -0.39 is 0 Å². The number of aryl methyl sites for hydroxylation is 2. The van der Waals surface area contributed by atoms with E-state index in [2.05, 4.69) is 36.7 Å². The number of rotatable bonds is 2. The van der Waals surface area contributed by atoms with E-state index in [-0.39, 0.29) is 0 Å². The molecule has 0 saturated heterocycles. The molecule has 1 aromatic heterocycles. The molecule has 3 heteroatoms. The maximum absolute atomic E-state index is 5.62. The summed E-state index contributed by atoms with van der Waals surface area (Å²) in [6.07, 6.45) is 0. The molecule has 0 spiro atoms. The van der Waals surface area contributed by atoms with Crippen LogP contribution in [-0.4, -0.2) is 4.98 Å². The van der Waals surface area contributed by atoms with Crippen LogP contribution >= 0.6 is 12.6 Å². The minimum absolute atomic E-state index is 0.588. The number of hydrogen-bond acceptors (Lipinski definition) is 3. The highest BCUT2D eigenvalue weighted by Gasteiger charge is 2.09. The molecule has 0 aliphatic rings. The second-order valence-electron chi connectivity index (χ2n) is 3.56. The van der Waals surface area contributed by atoms with Crippen LogP contribution in [-0.2, 0) is 5.75 Å². The third kappa shape index (κ3) is 2.07. The second kappa shape index (κ2) is 4.11. The lowest BCUT2D eigenvalue weighted by Crippen LogP contribution is -1.79. The Kier molecular flexibility index (Phi) is 2.82. The molecule has 0 fully saturated rings. The van der Waals surface area contributed by atoms with Crippen molar-refractivity contribution in [3.05, 3.63) is 41.3 Å². The minimum atomic E-state index is 0.588. The first-order chi connectivity index (χ1) is 7.20. The number of thiol groups is 1. The van der Waals surface area contributed by atoms with Crippen LogP contribution in [0.4, 0.5) is 0 Å². The molecule has 0 unspecified atom stereocenters. The van der Waals surface area contributed by atoms with Gasteiger partial charge in [0.1, 0.15) is 5.76 Å². The molecule has 15 heavy (non-hydrogen) atoms. The fraction of sp³-hybridized carbons (Fsp3) is 0.250. The van der Waals surface area contributed by atoms with Crippen LogP contribution in [0.2, 0.25) is 0 Å². The van der Waals surface area contributed by atoms with E-state index in [0.717, 1.165) is 17.0 Å². The third-order valence-electron chi connectivity index (χ3n) is 2.30. The van der Waals surface area contributed by atoms with E-state index in [1.807, 2.05) is 19.1 Å². The normalized spacial score (nSPS) is 10.6. The molecule has 0 N–H and O–H groups in total. The lowest BCUT2D eigenvalue weighted by atomic mass is 10.1. The van der Waals surface area contributed by atoms with Crippen molar-refractivity contribution in [3.8, 4) is 11.5 Å². The Morgan fingerprint density at radius 2 is 2.13 bits per heavy atom. The summed E-state index contributed by atoms with van der Waals surface area (Å²) >= 11 is 4.19. The van der Waals surface area contributed by atoms with Gasteiger partial charge in [0.05, 0.1) is 11.4 Å². The van der Waals surface area contributed by atoms with E-state index in [1.165, 1.54) is 5.56 Å². The van der Waals surface area contributed by atoms with Gasteiger partial charge in [0.25, 0.3) is 0 Å². The van der Waals surface area contributed by atoms with Gasteiger partial charge in [-0.25, -0.2) is 4.98 Å². The van der Waals surface area contributed by atoms with Gasteiger partial charge in [-0.15, -0.1) is 0 Å². The van der Waals surface area contributed by atoms with Crippen LogP contribution in [0.15, 0.2) is 28.7 Å². The van der Waals surface area contributed by atoms with Gasteiger partial charge in [-0.2, -0.15) is 12.6 Å². The van der Waals surface area contributed by atoms with E-state index in [9.17, 15) is 0 Å². The molecule has 2 nitrogen and oxygen atoms in total. The number of benzene rings is 1. The van der Waals surface area contributed by atoms with Gasteiger partial charge in [0.2, 0.25) is 5.89 Å². The molecule has 0 aliphatic heterocycles. The summed E-state index contributed by atoms with van der Waals surface area (Å²) < 4.78 is 5.62. The molecule has 0 saturated carbocycles. The van der Waals surface area contributed by atoms with Gasteiger partial charge >= 0.3 is 0 Å². The van der Waals surface area contributed by atoms with Gasteiger partial charge in [-0.3, -0.25) is 0 Å². The van der Waals surface area contributed by atoms with Crippen molar-refractivity contribution in [1.29, 1.82) is 0 Å². The highest BCUT2D eigenvalue weighted by atomic mass is 32.1. The van der Waals surface area contributed by atoms with Crippen molar-refractivity contribution < 1.29 is 4.42 Å². The van der Waals surface area contributed by atoms with Crippen LogP contribution in [0, 0.1) is 13.8 Å². The lowest BCUT2D eigenvalue weighted by Gasteiger charge is -1.96. The van der Waals surface area contributed by atoms with Gasteiger partial charge in [0.15, 0.2) is 0 Å². The van der Waals surface area contributed by atoms with E-state index in [4.69, 9.17) is 4.42 Å². The minimum Gasteiger partial charge on any atom is -0.440 e. The first kappa shape index (κ1) is 10.3. The molecule has 2 aromatic rings. The maximum Gasteiger partial charge on any atom is 0.226 e. The van der Waals surface area contributed by atoms with E-state index >= 15 is 0 Å². The van der Waals surface area contributed by atoms with Crippen molar-refractivity contribution in [2.24, 2.45) is 0 Å². The topological polar surface area (TPSA) is 26.0 Å². The van der Waals surface area contributed by atoms with Gasteiger partial charge in [-0.05, 0) is 26.0 Å². The molecule has 2 rings (SSSR count). The standard InChI is InChI=1S/C12H13NOS/c1-8-4-3-5-10(6-8)12-13-9(2)11(7-15)14-12/h3-6,15H,7H2,1-2H3. The first-order valence-corrected chi connectivity index (χ1v) is 5.48. The SMILES string of the molecule is Cc1cccc(-c2nc(C)c(CS)o2)c1. The zero-order valence-corrected chi connectivity index (χ0v) is 9.71. The average Bonchev–Trinajstić information content (AvgIpc) is 2.60. The van der Waals surface area contributed by atoms with E-state index in [0.29, 0.717) is 11.6 Å². The zero-order chi connectivity index (χ0) is 10.8. The van der Waals surface area contributed by atoms with Crippen molar-refractivity contribution in [2.75, 3.05) is 0 Å². The van der Waals surface area contributed by atoms with Gasteiger partial charge in [-0.1, -0.05) is 17.7 Å². The highest BCUT2D eigenvalue weighted by molar-refractivity contribution is 7.79. The quantitative estimate of drug-likeness (QED) is 0.783. The molecule has 0 aliphatic carbocycles. The third-order valence-corrected chi connectivity index (χ3v) is 2.59. The van der Waals surface area contributed by atoms with Crippen molar-refractivity contribution in [2.45, 2.75) is 19.6 Å². The number of hydrogen-bond donors (Lipinski definition) is 1. The maximum atomic E-state index is 5.62.